The predicted molar refractivity (Wildman–Crippen MR) is 186 cm³/mol. The van der Waals surface area contributed by atoms with Crippen LogP contribution in [-0.4, -0.2) is 29.0 Å². The van der Waals surface area contributed by atoms with Crippen molar-refractivity contribution in [1.82, 2.24) is 10.2 Å². The number of unbranched alkanes of at least 4 members (excludes halogenated alkanes) is 15. The number of ether oxygens (including phenoxy) is 2. The zero-order valence-electron chi connectivity index (χ0n) is 26.7. The molecule has 0 aliphatic carbocycles. The van der Waals surface area contributed by atoms with E-state index in [4.69, 9.17) is 9.47 Å². The van der Waals surface area contributed by atoms with Crippen LogP contribution in [0.1, 0.15) is 142 Å². The van der Waals surface area contributed by atoms with Gasteiger partial charge in [0.15, 0.2) is 8.68 Å². The molecule has 3 aromatic rings. The Morgan fingerprint density at radius 1 is 0.818 bits per heavy atom. The number of hydrogen-bond acceptors (Lipinski definition) is 8. The lowest BCUT2D eigenvalue weighted by Gasteiger charge is -2.17. The van der Waals surface area contributed by atoms with Crippen LogP contribution in [-0.2, 0) is 11.3 Å². The predicted octanol–water partition coefficient (Wildman–Crippen LogP) is 11.5. The maximum Gasteiger partial charge on any atom is 0.337 e. The third kappa shape index (κ3) is 11.4. The summed E-state index contributed by atoms with van der Waals surface area (Å²) in [6, 6.07) is 13.9. The summed E-state index contributed by atoms with van der Waals surface area (Å²) in [6.07, 6.45) is 22.3. The largest absolute Gasteiger partial charge is 0.489 e. The third-order valence-corrected chi connectivity index (χ3v) is 11.8. The highest BCUT2D eigenvalue weighted by Crippen LogP contribution is 2.48. The van der Waals surface area contributed by atoms with Gasteiger partial charge in [-0.2, -0.15) is 0 Å². The number of esters is 1. The molecule has 44 heavy (non-hydrogen) atoms. The molecular formula is C36H50N2O3S3. The van der Waals surface area contributed by atoms with Gasteiger partial charge in [0.1, 0.15) is 12.4 Å². The van der Waals surface area contributed by atoms with Crippen molar-refractivity contribution in [3.05, 3.63) is 64.7 Å². The van der Waals surface area contributed by atoms with Gasteiger partial charge in [-0.25, -0.2) is 4.79 Å². The summed E-state index contributed by atoms with van der Waals surface area (Å²) in [5.41, 5.74) is 3.80. The fraction of sp³-hybridized carbons (Fsp3) is 0.583. The van der Waals surface area contributed by atoms with Crippen molar-refractivity contribution in [2.75, 3.05) is 12.9 Å². The molecule has 1 aromatic heterocycles. The van der Waals surface area contributed by atoms with Crippen LogP contribution in [0.4, 0.5) is 0 Å². The first-order valence-corrected chi connectivity index (χ1v) is 19.4. The highest BCUT2D eigenvalue weighted by Gasteiger charge is 2.28. The Morgan fingerprint density at radius 3 is 2.09 bits per heavy atom. The number of fused-ring (bicyclic) bond motifs is 2. The molecule has 1 atom stereocenters. The Balaban J connectivity index is 1.14. The molecule has 0 bridgehead atoms. The van der Waals surface area contributed by atoms with Crippen molar-refractivity contribution >= 4 is 40.8 Å². The molecule has 2 heterocycles. The van der Waals surface area contributed by atoms with Gasteiger partial charge in [-0.15, -0.1) is 10.2 Å². The molecule has 240 valence electrons. The number of carbonyl (C=O) groups is 1. The first-order chi connectivity index (χ1) is 21.7. The van der Waals surface area contributed by atoms with Gasteiger partial charge < -0.3 is 9.47 Å². The van der Waals surface area contributed by atoms with Gasteiger partial charge >= 0.3 is 5.97 Å². The van der Waals surface area contributed by atoms with E-state index in [0.29, 0.717) is 12.2 Å². The Hall–Kier alpha value is -2.03. The van der Waals surface area contributed by atoms with E-state index in [9.17, 15) is 4.79 Å². The average molecular weight is 655 g/mol. The quantitative estimate of drug-likeness (QED) is 0.0643. The number of benzene rings is 2. The highest BCUT2D eigenvalue weighted by molar-refractivity contribution is 8.03. The molecule has 1 unspecified atom stereocenters. The molecule has 5 nitrogen and oxygen atoms in total. The van der Waals surface area contributed by atoms with Crippen LogP contribution in [0.2, 0.25) is 0 Å². The SMILES string of the molecule is CCCCCCCCCCCCCCCCCCSc1nnc(SC2c3ccccc3COc3ccc(C(=O)OC)cc32)s1. The van der Waals surface area contributed by atoms with E-state index in [-0.39, 0.29) is 11.2 Å². The van der Waals surface area contributed by atoms with E-state index in [0.717, 1.165) is 31.3 Å². The number of aromatic nitrogens is 2. The second-order valence-electron chi connectivity index (χ2n) is 11.7. The summed E-state index contributed by atoms with van der Waals surface area (Å²) in [5.74, 6) is 1.52. The lowest BCUT2D eigenvalue weighted by atomic mass is 9.98. The van der Waals surface area contributed by atoms with Crippen molar-refractivity contribution < 1.29 is 14.3 Å². The zero-order valence-corrected chi connectivity index (χ0v) is 29.1. The first kappa shape index (κ1) is 34.8. The molecular weight excluding hydrogens is 605 g/mol. The Kier molecular flexibility index (Phi) is 16.0. The van der Waals surface area contributed by atoms with Crippen LogP contribution in [0.15, 0.2) is 51.1 Å². The summed E-state index contributed by atoms with van der Waals surface area (Å²) >= 11 is 5.15. The normalized spacial score (nSPS) is 14.0. The summed E-state index contributed by atoms with van der Waals surface area (Å²) in [7, 11) is 1.41. The number of nitrogens with zero attached hydrogens (tertiary/aromatic N) is 2. The van der Waals surface area contributed by atoms with Crippen LogP contribution in [0.3, 0.4) is 0 Å². The molecule has 0 amide bonds. The first-order valence-electron chi connectivity index (χ1n) is 16.8. The zero-order chi connectivity index (χ0) is 30.8. The summed E-state index contributed by atoms with van der Waals surface area (Å²) in [4.78, 5) is 12.3. The van der Waals surface area contributed by atoms with Crippen molar-refractivity contribution in [2.24, 2.45) is 0 Å². The van der Waals surface area contributed by atoms with Crippen molar-refractivity contribution in [3.63, 3.8) is 0 Å². The number of methoxy groups -OCH3 is 1. The van der Waals surface area contributed by atoms with Gasteiger partial charge in [-0.05, 0) is 35.7 Å². The second kappa shape index (κ2) is 20.2. The minimum atomic E-state index is -0.349. The molecule has 0 radical (unpaired) electrons. The monoisotopic (exact) mass is 654 g/mol. The van der Waals surface area contributed by atoms with Crippen molar-refractivity contribution in [1.29, 1.82) is 0 Å². The standard InChI is InChI=1S/C36H50N2O3S3/c1-3-4-5-6-7-8-9-10-11-12-13-14-15-16-17-20-25-42-35-37-38-36(44-35)43-33-30-22-19-18-21-29(30)27-41-32-24-23-28(26-31(32)33)34(39)40-2/h18-19,21-24,26,33H,3-17,20,25,27H2,1-2H3. The molecule has 1 aliphatic rings. The molecule has 0 saturated heterocycles. The molecule has 8 heteroatoms. The Morgan fingerprint density at radius 2 is 1.43 bits per heavy atom. The van der Waals surface area contributed by atoms with Crippen molar-refractivity contribution in [2.45, 2.75) is 130 Å². The van der Waals surface area contributed by atoms with Crippen LogP contribution in [0.5, 0.6) is 5.75 Å². The lowest BCUT2D eigenvalue weighted by molar-refractivity contribution is 0.0600. The molecule has 0 N–H and O–H groups in total. The van der Waals surface area contributed by atoms with Crippen molar-refractivity contribution in [3.8, 4) is 5.75 Å². The van der Waals surface area contributed by atoms with E-state index >= 15 is 0 Å². The molecule has 4 rings (SSSR count). The maximum absolute atomic E-state index is 12.3. The van der Waals surface area contributed by atoms with Crippen LogP contribution in [0, 0.1) is 0 Å². The molecule has 1 aliphatic heterocycles. The lowest BCUT2D eigenvalue weighted by Crippen LogP contribution is -2.04. The highest BCUT2D eigenvalue weighted by atomic mass is 32.2. The fourth-order valence-corrected chi connectivity index (χ4v) is 9.21. The number of carbonyl (C=O) groups excluding carboxylic acids is 1. The molecule has 0 saturated carbocycles. The van der Waals surface area contributed by atoms with Gasteiger partial charge in [-0.3, -0.25) is 0 Å². The van der Waals surface area contributed by atoms with E-state index in [1.165, 1.54) is 115 Å². The van der Waals surface area contributed by atoms with Crippen LogP contribution >= 0.6 is 34.9 Å². The second-order valence-corrected chi connectivity index (χ2v) is 15.4. The third-order valence-electron chi connectivity index (χ3n) is 8.26. The fourth-order valence-electron chi connectivity index (χ4n) is 5.71. The van der Waals surface area contributed by atoms with E-state index in [1.54, 1.807) is 29.2 Å². The van der Waals surface area contributed by atoms with Gasteiger partial charge in [0.05, 0.1) is 17.9 Å². The van der Waals surface area contributed by atoms with Gasteiger partial charge in [0, 0.05) is 11.3 Å². The number of hydrogen-bond donors (Lipinski definition) is 0. The van der Waals surface area contributed by atoms with E-state index in [2.05, 4.69) is 35.3 Å². The van der Waals surface area contributed by atoms with Crippen LogP contribution in [0.25, 0.3) is 0 Å². The number of rotatable bonds is 21. The minimum absolute atomic E-state index is 0.0561. The number of thioether (sulfide) groups is 2. The van der Waals surface area contributed by atoms with E-state index < -0.39 is 0 Å². The van der Waals surface area contributed by atoms with Gasteiger partial charge in [0.2, 0.25) is 0 Å². The van der Waals surface area contributed by atoms with Gasteiger partial charge in [-0.1, -0.05) is 162 Å². The molecule has 2 aromatic carbocycles. The molecule has 0 spiro atoms. The Bertz CT molecular complexity index is 1260. The van der Waals surface area contributed by atoms with Gasteiger partial charge in [0.25, 0.3) is 0 Å². The summed E-state index contributed by atoms with van der Waals surface area (Å²) < 4.78 is 13.1. The summed E-state index contributed by atoms with van der Waals surface area (Å²) in [5, 5.41) is 8.97. The minimum Gasteiger partial charge on any atom is -0.489 e. The summed E-state index contributed by atoms with van der Waals surface area (Å²) in [6.45, 7) is 2.78. The van der Waals surface area contributed by atoms with E-state index in [1.807, 2.05) is 30.0 Å². The smallest absolute Gasteiger partial charge is 0.337 e. The van der Waals surface area contributed by atoms with Crippen LogP contribution < -0.4 is 4.74 Å². The average Bonchev–Trinajstić information content (AvgIpc) is 3.44. The Labute approximate surface area is 277 Å². The molecule has 0 fully saturated rings. The topological polar surface area (TPSA) is 61.3 Å². The maximum atomic E-state index is 12.3.